The first kappa shape index (κ1) is 13.9. The minimum Gasteiger partial charge on any atom is -0.315 e. The molecule has 1 aliphatic rings. The van der Waals surface area contributed by atoms with E-state index in [0.717, 1.165) is 18.1 Å². The highest BCUT2D eigenvalue weighted by Gasteiger charge is 2.22. The number of benzene rings is 1. The van der Waals surface area contributed by atoms with Crippen molar-refractivity contribution >= 4 is 11.6 Å². The molecule has 2 atom stereocenters. The predicted octanol–water partition coefficient (Wildman–Crippen LogP) is 3.47. The molecule has 0 radical (unpaired) electrons. The van der Waals surface area contributed by atoms with Gasteiger partial charge in [-0.1, -0.05) is 36.2 Å². The first-order valence-electron chi connectivity index (χ1n) is 6.87. The molecular weight excluding hydrogens is 244 g/mol. The Bertz CT molecular complexity index is 373. The van der Waals surface area contributed by atoms with E-state index >= 15 is 0 Å². The Morgan fingerprint density at radius 1 is 1.33 bits per heavy atom. The molecule has 1 N–H and O–H groups in total. The number of rotatable bonds is 3. The van der Waals surface area contributed by atoms with Gasteiger partial charge in [-0.05, 0) is 45.0 Å². The summed E-state index contributed by atoms with van der Waals surface area (Å²) < 4.78 is 0. The summed E-state index contributed by atoms with van der Waals surface area (Å²) in [4.78, 5) is 2.46. The highest BCUT2D eigenvalue weighted by atomic mass is 35.5. The van der Waals surface area contributed by atoms with E-state index in [4.69, 9.17) is 11.6 Å². The maximum atomic E-state index is 6.29. The molecule has 1 aromatic carbocycles. The summed E-state index contributed by atoms with van der Waals surface area (Å²) in [5.41, 5.74) is 1.23. The molecule has 1 saturated heterocycles. The molecule has 0 spiro atoms. The number of nitrogens with one attached hydrogen (secondary N) is 1. The Kier molecular flexibility index (Phi) is 5.04. The van der Waals surface area contributed by atoms with Gasteiger partial charge in [-0.15, -0.1) is 0 Å². The zero-order valence-electron chi connectivity index (χ0n) is 11.3. The number of hydrogen-bond donors (Lipinski definition) is 1. The predicted molar refractivity (Wildman–Crippen MR) is 78.1 cm³/mol. The average molecular weight is 267 g/mol. The van der Waals surface area contributed by atoms with Gasteiger partial charge < -0.3 is 5.32 Å². The van der Waals surface area contributed by atoms with Crippen LogP contribution in [0.1, 0.15) is 37.8 Å². The van der Waals surface area contributed by atoms with Crippen molar-refractivity contribution in [3.8, 4) is 0 Å². The van der Waals surface area contributed by atoms with Gasteiger partial charge in [0, 0.05) is 23.7 Å². The fourth-order valence-corrected chi connectivity index (χ4v) is 2.99. The molecule has 1 aliphatic heterocycles. The van der Waals surface area contributed by atoms with E-state index in [-0.39, 0.29) is 0 Å². The van der Waals surface area contributed by atoms with Crippen molar-refractivity contribution in [1.29, 1.82) is 0 Å². The van der Waals surface area contributed by atoms with Gasteiger partial charge in [0.15, 0.2) is 0 Å². The van der Waals surface area contributed by atoms with Gasteiger partial charge in [0.05, 0.1) is 0 Å². The summed E-state index contributed by atoms with van der Waals surface area (Å²) in [5.74, 6) is 0. The van der Waals surface area contributed by atoms with Crippen LogP contribution in [-0.2, 0) is 0 Å². The van der Waals surface area contributed by atoms with E-state index in [1.807, 2.05) is 12.1 Å². The second-order valence-corrected chi connectivity index (χ2v) is 5.62. The van der Waals surface area contributed by atoms with Crippen LogP contribution in [0.4, 0.5) is 0 Å². The van der Waals surface area contributed by atoms with Crippen LogP contribution in [0.5, 0.6) is 0 Å². The highest BCUT2D eigenvalue weighted by molar-refractivity contribution is 6.31. The van der Waals surface area contributed by atoms with Gasteiger partial charge in [0.1, 0.15) is 0 Å². The first-order chi connectivity index (χ1) is 8.70. The Hall–Kier alpha value is -0.570. The van der Waals surface area contributed by atoms with E-state index in [2.05, 4.69) is 36.3 Å². The summed E-state index contributed by atoms with van der Waals surface area (Å²) in [7, 11) is 2.21. The van der Waals surface area contributed by atoms with Crippen LogP contribution in [0.25, 0.3) is 0 Å². The fraction of sp³-hybridized carbons (Fsp3) is 0.600. The third-order valence-corrected chi connectivity index (χ3v) is 4.41. The van der Waals surface area contributed by atoms with Crippen molar-refractivity contribution in [2.75, 3.05) is 20.1 Å². The topological polar surface area (TPSA) is 15.3 Å². The maximum Gasteiger partial charge on any atom is 0.0453 e. The van der Waals surface area contributed by atoms with Crippen molar-refractivity contribution in [1.82, 2.24) is 10.2 Å². The first-order valence-corrected chi connectivity index (χ1v) is 7.25. The largest absolute Gasteiger partial charge is 0.315 e. The molecule has 1 heterocycles. The smallest absolute Gasteiger partial charge is 0.0453 e. The van der Waals surface area contributed by atoms with Crippen LogP contribution in [-0.4, -0.2) is 31.1 Å². The third kappa shape index (κ3) is 3.25. The zero-order valence-corrected chi connectivity index (χ0v) is 12.1. The van der Waals surface area contributed by atoms with Crippen LogP contribution < -0.4 is 5.32 Å². The van der Waals surface area contributed by atoms with Gasteiger partial charge in [-0.25, -0.2) is 0 Å². The van der Waals surface area contributed by atoms with Crippen LogP contribution in [0.3, 0.4) is 0 Å². The van der Waals surface area contributed by atoms with E-state index in [9.17, 15) is 0 Å². The molecule has 0 bridgehead atoms. The molecule has 2 unspecified atom stereocenters. The third-order valence-electron chi connectivity index (χ3n) is 4.06. The number of likely N-dealkylation sites (N-methyl/N-ethyl adjacent to an activating group) is 1. The molecule has 100 valence electrons. The van der Waals surface area contributed by atoms with Crippen molar-refractivity contribution in [3.63, 3.8) is 0 Å². The van der Waals surface area contributed by atoms with Gasteiger partial charge in [0.2, 0.25) is 0 Å². The Morgan fingerprint density at radius 2 is 2.11 bits per heavy atom. The normalized spacial score (nSPS) is 22.8. The second-order valence-electron chi connectivity index (χ2n) is 5.22. The van der Waals surface area contributed by atoms with E-state index in [1.54, 1.807) is 0 Å². The Labute approximate surface area is 115 Å². The molecular formula is C15H23ClN2. The molecule has 3 heteroatoms. The molecule has 0 saturated carbocycles. The van der Waals surface area contributed by atoms with Crippen LogP contribution in [0.15, 0.2) is 24.3 Å². The lowest BCUT2D eigenvalue weighted by molar-refractivity contribution is 0.176. The van der Waals surface area contributed by atoms with Crippen LogP contribution in [0.2, 0.25) is 5.02 Å². The summed E-state index contributed by atoms with van der Waals surface area (Å²) >= 11 is 6.29. The van der Waals surface area contributed by atoms with Gasteiger partial charge in [-0.2, -0.15) is 0 Å². The Balaban J connectivity index is 2.07. The maximum absolute atomic E-state index is 6.29. The van der Waals surface area contributed by atoms with Crippen molar-refractivity contribution in [3.05, 3.63) is 34.9 Å². The molecule has 0 amide bonds. The average Bonchev–Trinajstić information content (AvgIpc) is 2.66. The van der Waals surface area contributed by atoms with Gasteiger partial charge >= 0.3 is 0 Å². The number of halogens is 1. The summed E-state index contributed by atoms with van der Waals surface area (Å²) in [6.07, 6.45) is 3.89. The standard InChI is InChI=1S/C15H23ClN2/c1-12(14-8-3-4-9-15(14)16)18(2)13-7-5-6-10-17-11-13/h3-4,8-9,12-13,17H,5-7,10-11H2,1-2H3. The lowest BCUT2D eigenvalue weighted by Crippen LogP contribution is -2.40. The molecule has 0 aromatic heterocycles. The monoisotopic (exact) mass is 266 g/mol. The number of hydrogen-bond acceptors (Lipinski definition) is 2. The molecule has 2 nitrogen and oxygen atoms in total. The van der Waals surface area contributed by atoms with E-state index in [1.165, 1.54) is 24.8 Å². The zero-order chi connectivity index (χ0) is 13.0. The quantitative estimate of drug-likeness (QED) is 0.901. The van der Waals surface area contributed by atoms with Crippen molar-refractivity contribution in [2.45, 2.75) is 38.3 Å². The van der Waals surface area contributed by atoms with Gasteiger partial charge in [-0.3, -0.25) is 4.90 Å². The lowest BCUT2D eigenvalue weighted by atomic mass is 10.0. The summed E-state index contributed by atoms with van der Waals surface area (Å²) in [6.45, 7) is 4.49. The summed E-state index contributed by atoms with van der Waals surface area (Å²) in [5, 5.41) is 4.40. The molecule has 18 heavy (non-hydrogen) atoms. The Morgan fingerprint density at radius 3 is 2.89 bits per heavy atom. The van der Waals surface area contributed by atoms with Crippen molar-refractivity contribution < 1.29 is 0 Å². The number of nitrogens with zero attached hydrogens (tertiary/aromatic N) is 1. The molecule has 1 fully saturated rings. The van der Waals surface area contributed by atoms with Gasteiger partial charge in [0.25, 0.3) is 0 Å². The molecule has 1 aromatic rings. The van der Waals surface area contributed by atoms with Crippen LogP contribution in [0, 0.1) is 0 Å². The van der Waals surface area contributed by atoms with E-state index in [0.29, 0.717) is 12.1 Å². The minimum atomic E-state index is 0.364. The molecule has 2 rings (SSSR count). The molecule has 0 aliphatic carbocycles. The fourth-order valence-electron chi connectivity index (χ4n) is 2.70. The van der Waals surface area contributed by atoms with Crippen molar-refractivity contribution in [2.24, 2.45) is 0 Å². The minimum absolute atomic E-state index is 0.364. The second kappa shape index (κ2) is 6.55. The highest BCUT2D eigenvalue weighted by Crippen LogP contribution is 2.28. The summed E-state index contributed by atoms with van der Waals surface area (Å²) in [6, 6.07) is 9.14. The van der Waals surface area contributed by atoms with E-state index < -0.39 is 0 Å². The SMILES string of the molecule is CC(c1ccccc1Cl)N(C)C1CCCCNC1. The lowest BCUT2D eigenvalue weighted by Gasteiger charge is -2.33. The van der Waals surface area contributed by atoms with Crippen LogP contribution >= 0.6 is 11.6 Å².